The fourth-order valence-corrected chi connectivity index (χ4v) is 1.91. The van der Waals surface area contributed by atoms with Gasteiger partial charge in [-0.15, -0.1) is 0 Å². The highest BCUT2D eigenvalue weighted by molar-refractivity contribution is 5.86. The van der Waals surface area contributed by atoms with Crippen LogP contribution in [0.1, 0.15) is 31.7 Å². The summed E-state index contributed by atoms with van der Waals surface area (Å²) in [6.07, 6.45) is 0.496. The molecule has 2 atom stereocenters. The number of hydrogen-bond acceptors (Lipinski definition) is 3. The smallest absolute Gasteiger partial charge is 0.242 e. The van der Waals surface area contributed by atoms with Crippen LogP contribution in [-0.4, -0.2) is 23.7 Å². The lowest BCUT2D eigenvalue weighted by atomic mass is 9.96. The summed E-state index contributed by atoms with van der Waals surface area (Å²) in [4.78, 5) is 12.1. The van der Waals surface area contributed by atoms with Crippen LogP contribution in [0.5, 0.6) is 0 Å². The molecular formula is C15H20N2O2. The van der Waals surface area contributed by atoms with E-state index in [0.717, 1.165) is 0 Å². The van der Waals surface area contributed by atoms with E-state index in [4.69, 9.17) is 5.11 Å². The predicted octanol–water partition coefficient (Wildman–Crippen LogP) is 1.82. The van der Waals surface area contributed by atoms with Gasteiger partial charge in [0.05, 0.1) is 6.07 Å². The van der Waals surface area contributed by atoms with E-state index in [1.807, 2.05) is 26.0 Å². The molecule has 0 heterocycles. The van der Waals surface area contributed by atoms with Crippen LogP contribution in [0.15, 0.2) is 30.3 Å². The molecule has 0 radical (unpaired) electrons. The monoisotopic (exact) mass is 260 g/mol. The van der Waals surface area contributed by atoms with Crippen molar-refractivity contribution < 1.29 is 9.90 Å². The van der Waals surface area contributed by atoms with Crippen LogP contribution < -0.4 is 5.32 Å². The second-order valence-corrected chi connectivity index (χ2v) is 4.84. The first-order valence-electron chi connectivity index (χ1n) is 6.46. The van der Waals surface area contributed by atoms with Crippen LogP contribution in [0.3, 0.4) is 0 Å². The standard InChI is InChI=1S/C15H20N2O2/c1-11(2)14(8-9-18)17-15(19)13(10-16)12-6-4-3-5-7-12/h3-7,11,13-14,18H,8-9H2,1-2H3,(H,17,19). The molecule has 0 fully saturated rings. The number of nitrogens with zero attached hydrogens (tertiary/aromatic N) is 1. The second kappa shape index (κ2) is 7.55. The molecule has 4 nitrogen and oxygen atoms in total. The second-order valence-electron chi connectivity index (χ2n) is 4.84. The van der Waals surface area contributed by atoms with Gasteiger partial charge in [0.25, 0.3) is 0 Å². The Hall–Kier alpha value is -1.86. The molecule has 0 aliphatic carbocycles. The van der Waals surface area contributed by atoms with E-state index in [0.29, 0.717) is 12.0 Å². The van der Waals surface area contributed by atoms with Crippen molar-refractivity contribution in [1.82, 2.24) is 5.32 Å². The third-order valence-corrected chi connectivity index (χ3v) is 3.10. The third kappa shape index (κ3) is 4.38. The number of nitrogens with one attached hydrogen (secondary N) is 1. The largest absolute Gasteiger partial charge is 0.396 e. The molecule has 4 heteroatoms. The minimum absolute atomic E-state index is 0.0195. The summed E-state index contributed by atoms with van der Waals surface area (Å²) >= 11 is 0. The van der Waals surface area contributed by atoms with Crippen molar-refractivity contribution in [2.75, 3.05) is 6.61 Å². The van der Waals surface area contributed by atoms with Gasteiger partial charge in [-0.3, -0.25) is 4.79 Å². The maximum absolute atomic E-state index is 12.1. The van der Waals surface area contributed by atoms with Crippen molar-refractivity contribution in [3.05, 3.63) is 35.9 Å². The maximum Gasteiger partial charge on any atom is 0.242 e. The Balaban J connectivity index is 2.78. The van der Waals surface area contributed by atoms with Crippen LogP contribution in [0.4, 0.5) is 0 Å². The first kappa shape index (κ1) is 15.2. The SMILES string of the molecule is CC(C)C(CCO)NC(=O)C(C#N)c1ccccc1. The number of amides is 1. The number of carbonyl (C=O) groups excluding carboxylic acids is 1. The molecule has 0 saturated carbocycles. The molecule has 1 aromatic carbocycles. The van der Waals surface area contributed by atoms with Gasteiger partial charge >= 0.3 is 0 Å². The van der Waals surface area contributed by atoms with Gasteiger partial charge in [0.15, 0.2) is 0 Å². The first-order chi connectivity index (χ1) is 9.10. The Kier molecular flexibility index (Phi) is 6.04. The van der Waals surface area contributed by atoms with Gasteiger partial charge in [0, 0.05) is 12.6 Å². The molecule has 1 rings (SSSR count). The van der Waals surface area contributed by atoms with Crippen LogP contribution in [0.2, 0.25) is 0 Å². The van der Waals surface area contributed by atoms with Crippen LogP contribution in [0, 0.1) is 17.2 Å². The van der Waals surface area contributed by atoms with Crippen molar-refractivity contribution in [1.29, 1.82) is 5.26 Å². The van der Waals surface area contributed by atoms with Crippen molar-refractivity contribution in [3.63, 3.8) is 0 Å². The van der Waals surface area contributed by atoms with E-state index in [-0.39, 0.29) is 24.5 Å². The van der Waals surface area contributed by atoms with Gasteiger partial charge in [0.2, 0.25) is 5.91 Å². The molecule has 19 heavy (non-hydrogen) atoms. The molecule has 2 N–H and O–H groups in total. The van der Waals surface area contributed by atoms with Crippen molar-refractivity contribution >= 4 is 5.91 Å². The lowest BCUT2D eigenvalue weighted by molar-refractivity contribution is -0.122. The molecule has 102 valence electrons. The van der Waals surface area contributed by atoms with E-state index in [1.54, 1.807) is 24.3 Å². The van der Waals surface area contributed by atoms with Gasteiger partial charge < -0.3 is 10.4 Å². The summed E-state index contributed by atoms with van der Waals surface area (Å²) in [5.74, 6) is -0.895. The van der Waals surface area contributed by atoms with E-state index >= 15 is 0 Å². The number of nitriles is 1. The number of carbonyl (C=O) groups is 1. The summed E-state index contributed by atoms with van der Waals surface area (Å²) < 4.78 is 0. The minimum atomic E-state index is -0.804. The van der Waals surface area contributed by atoms with Gasteiger partial charge in [-0.05, 0) is 17.9 Å². The summed E-state index contributed by atoms with van der Waals surface area (Å²) in [5.41, 5.74) is 0.689. The Bertz CT molecular complexity index is 437. The summed E-state index contributed by atoms with van der Waals surface area (Å²) in [7, 11) is 0. The Morgan fingerprint density at radius 3 is 2.47 bits per heavy atom. The molecule has 1 aromatic rings. The predicted molar refractivity (Wildman–Crippen MR) is 73.3 cm³/mol. The van der Waals surface area contributed by atoms with Gasteiger partial charge in [-0.25, -0.2) is 0 Å². The fraction of sp³-hybridized carbons (Fsp3) is 0.467. The molecule has 2 unspecified atom stereocenters. The zero-order valence-corrected chi connectivity index (χ0v) is 11.3. The lowest BCUT2D eigenvalue weighted by Crippen LogP contribution is -2.41. The van der Waals surface area contributed by atoms with Gasteiger partial charge in [-0.1, -0.05) is 44.2 Å². The average Bonchev–Trinajstić information content (AvgIpc) is 2.40. The number of rotatable bonds is 6. The highest BCUT2D eigenvalue weighted by Crippen LogP contribution is 2.16. The van der Waals surface area contributed by atoms with Crippen LogP contribution >= 0.6 is 0 Å². The zero-order valence-electron chi connectivity index (χ0n) is 11.3. The van der Waals surface area contributed by atoms with Crippen molar-refractivity contribution in [3.8, 4) is 6.07 Å². The third-order valence-electron chi connectivity index (χ3n) is 3.10. The van der Waals surface area contributed by atoms with E-state index < -0.39 is 5.92 Å². The van der Waals surface area contributed by atoms with E-state index in [2.05, 4.69) is 5.32 Å². The molecule has 0 aliphatic heterocycles. The van der Waals surface area contributed by atoms with E-state index in [9.17, 15) is 10.1 Å². The van der Waals surface area contributed by atoms with Crippen molar-refractivity contribution in [2.24, 2.45) is 5.92 Å². The van der Waals surface area contributed by atoms with Crippen LogP contribution in [0.25, 0.3) is 0 Å². The lowest BCUT2D eigenvalue weighted by Gasteiger charge is -2.23. The topological polar surface area (TPSA) is 73.1 Å². The molecular weight excluding hydrogens is 240 g/mol. The Morgan fingerprint density at radius 2 is 2.00 bits per heavy atom. The summed E-state index contributed by atoms with van der Waals surface area (Å²) in [5, 5.41) is 21.0. The number of aliphatic hydroxyl groups is 1. The molecule has 0 aromatic heterocycles. The number of hydrogen-bond donors (Lipinski definition) is 2. The van der Waals surface area contributed by atoms with Crippen LogP contribution in [-0.2, 0) is 4.79 Å². The highest BCUT2D eigenvalue weighted by Gasteiger charge is 2.23. The van der Waals surface area contributed by atoms with Gasteiger partial charge in [0.1, 0.15) is 5.92 Å². The quantitative estimate of drug-likeness (QED) is 0.819. The number of benzene rings is 1. The summed E-state index contributed by atoms with van der Waals surface area (Å²) in [6, 6.07) is 10.9. The molecule has 0 saturated heterocycles. The zero-order chi connectivity index (χ0) is 14.3. The Morgan fingerprint density at radius 1 is 1.37 bits per heavy atom. The highest BCUT2D eigenvalue weighted by atomic mass is 16.3. The summed E-state index contributed by atoms with van der Waals surface area (Å²) in [6.45, 7) is 3.97. The van der Waals surface area contributed by atoms with E-state index in [1.165, 1.54) is 0 Å². The molecule has 0 aliphatic rings. The maximum atomic E-state index is 12.1. The Labute approximate surface area is 114 Å². The fourth-order valence-electron chi connectivity index (χ4n) is 1.91. The molecule has 0 spiro atoms. The van der Waals surface area contributed by atoms with Crippen molar-refractivity contribution in [2.45, 2.75) is 32.2 Å². The normalized spacial score (nSPS) is 13.6. The molecule has 1 amide bonds. The number of aliphatic hydroxyl groups excluding tert-OH is 1. The van der Waals surface area contributed by atoms with Gasteiger partial charge in [-0.2, -0.15) is 5.26 Å². The first-order valence-corrected chi connectivity index (χ1v) is 6.46. The minimum Gasteiger partial charge on any atom is -0.396 e. The average molecular weight is 260 g/mol. The molecule has 0 bridgehead atoms.